The number of ether oxygens (including phenoxy) is 2. The minimum Gasteiger partial charge on any atom is -0.497 e. The van der Waals surface area contributed by atoms with Crippen molar-refractivity contribution in [2.24, 2.45) is 0 Å². The second-order valence-corrected chi connectivity index (χ2v) is 10.5. The van der Waals surface area contributed by atoms with E-state index in [2.05, 4.69) is 18.7 Å². The fraction of sp³-hybridized carbons (Fsp3) is 0.419. The van der Waals surface area contributed by atoms with Crippen molar-refractivity contribution in [3.63, 3.8) is 0 Å². The van der Waals surface area contributed by atoms with Crippen molar-refractivity contribution in [2.45, 2.75) is 46.0 Å². The van der Waals surface area contributed by atoms with E-state index in [1.807, 2.05) is 11.8 Å². The van der Waals surface area contributed by atoms with Gasteiger partial charge in [-0.1, -0.05) is 20.3 Å². The molecule has 1 atom stereocenters. The minimum atomic E-state index is -0.300. The third-order valence-corrected chi connectivity index (χ3v) is 7.62. The molecule has 1 fully saturated rings. The summed E-state index contributed by atoms with van der Waals surface area (Å²) in [5.74, 6) is 2.55. The Morgan fingerprint density at radius 1 is 1.00 bits per heavy atom. The number of hydrogen-bond acceptors (Lipinski definition) is 7. The summed E-state index contributed by atoms with van der Waals surface area (Å²) in [4.78, 5) is 27.7. The zero-order chi connectivity index (χ0) is 29.1. The Bertz CT molecular complexity index is 1520. The first-order valence-corrected chi connectivity index (χ1v) is 14.1. The summed E-state index contributed by atoms with van der Waals surface area (Å²) in [6, 6.07) is 11.5. The molecule has 0 saturated carbocycles. The largest absolute Gasteiger partial charge is 0.497 e. The van der Waals surface area contributed by atoms with E-state index < -0.39 is 0 Å². The monoisotopic (exact) mass is 560 g/mol. The maximum Gasteiger partial charge on any atom is 0.254 e. The zero-order valence-corrected chi connectivity index (χ0v) is 24.4. The first-order chi connectivity index (χ1) is 19.8. The van der Waals surface area contributed by atoms with E-state index >= 15 is 0 Å². The van der Waals surface area contributed by atoms with E-state index in [-0.39, 0.29) is 17.6 Å². The highest BCUT2D eigenvalue weighted by Crippen LogP contribution is 2.32. The Labute approximate surface area is 239 Å². The number of hydrogen-bond donors (Lipinski definition) is 0. The predicted molar refractivity (Wildman–Crippen MR) is 157 cm³/mol. The lowest BCUT2D eigenvalue weighted by Crippen LogP contribution is -2.35. The number of methoxy groups -OCH3 is 2. The summed E-state index contributed by atoms with van der Waals surface area (Å²) < 4.78 is 26.2. The van der Waals surface area contributed by atoms with Crippen molar-refractivity contribution in [3.05, 3.63) is 65.4 Å². The Kier molecular flexibility index (Phi) is 8.37. The molecule has 4 aromatic rings. The van der Waals surface area contributed by atoms with Crippen LogP contribution in [0.4, 0.5) is 10.2 Å². The first-order valence-electron chi connectivity index (χ1n) is 14.1. The van der Waals surface area contributed by atoms with Gasteiger partial charge >= 0.3 is 0 Å². The van der Waals surface area contributed by atoms with Crippen LogP contribution in [-0.2, 0) is 0 Å². The lowest BCUT2D eigenvalue weighted by atomic mass is 10.1. The number of nitrogens with zero attached hydrogens (tertiary/aromatic N) is 6. The van der Waals surface area contributed by atoms with E-state index in [4.69, 9.17) is 24.5 Å². The molecule has 0 spiro atoms. The van der Waals surface area contributed by atoms with Crippen molar-refractivity contribution in [1.82, 2.24) is 24.6 Å². The van der Waals surface area contributed by atoms with Crippen LogP contribution in [0.3, 0.4) is 0 Å². The smallest absolute Gasteiger partial charge is 0.254 e. The molecule has 0 unspecified atom stereocenters. The van der Waals surface area contributed by atoms with Crippen LogP contribution in [0, 0.1) is 12.7 Å². The van der Waals surface area contributed by atoms with Crippen molar-refractivity contribution < 1.29 is 18.7 Å². The number of benzene rings is 2. The van der Waals surface area contributed by atoms with Gasteiger partial charge < -0.3 is 19.3 Å². The van der Waals surface area contributed by atoms with Crippen LogP contribution in [0.15, 0.2) is 42.5 Å². The van der Waals surface area contributed by atoms with E-state index in [0.717, 1.165) is 54.2 Å². The van der Waals surface area contributed by atoms with Gasteiger partial charge in [0.15, 0.2) is 5.65 Å². The number of halogens is 1. The average molecular weight is 561 g/mol. The zero-order valence-electron chi connectivity index (χ0n) is 24.4. The standard InChI is InChI=1S/C31H37FN6O3/c1-6-8-20(2)28-33-29(27-21(3)35-38(30(27)34-28)24-11-9-23(32)10-12-24)36-13-7-14-37(16-15-36)31(39)22-17-25(40-4)19-26(18-22)41-5/h9-12,17-20H,6-8,13-16H2,1-5H3/t20-/m0/s1. The molecule has 3 heterocycles. The molecular formula is C31H37FN6O3. The molecule has 2 aromatic heterocycles. The van der Waals surface area contributed by atoms with Gasteiger partial charge in [-0.15, -0.1) is 0 Å². The molecule has 0 N–H and O–H groups in total. The molecule has 2 aromatic carbocycles. The van der Waals surface area contributed by atoms with Crippen molar-refractivity contribution in [3.8, 4) is 17.2 Å². The van der Waals surface area contributed by atoms with Crippen LogP contribution in [-0.4, -0.2) is 71.0 Å². The highest BCUT2D eigenvalue weighted by atomic mass is 19.1. The number of fused-ring (bicyclic) bond motifs is 1. The van der Waals surface area contributed by atoms with Crippen molar-refractivity contribution in [1.29, 1.82) is 0 Å². The maximum absolute atomic E-state index is 13.7. The van der Waals surface area contributed by atoms with Gasteiger partial charge in [0.25, 0.3) is 5.91 Å². The van der Waals surface area contributed by atoms with Crippen LogP contribution in [0.2, 0.25) is 0 Å². The Morgan fingerprint density at radius 3 is 2.37 bits per heavy atom. The van der Waals surface area contributed by atoms with Crippen molar-refractivity contribution in [2.75, 3.05) is 45.3 Å². The predicted octanol–water partition coefficient (Wildman–Crippen LogP) is 5.54. The highest BCUT2D eigenvalue weighted by molar-refractivity contribution is 5.95. The van der Waals surface area contributed by atoms with Crippen LogP contribution < -0.4 is 14.4 Å². The summed E-state index contributed by atoms with van der Waals surface area (Å²) in [6.45, 7) is 8.76. The Morgan fingerprint density at radius 2 is 1.71 bits per heavy atom. The topological polar surface area (TPSA) is 85.6 Å². The molecule has 1 aliphatic heterocycles. The third kappa shape index (κ3) is 5.82. The Balaban J connectivity index is 1.50. The van der Waals surface area contributed by atoms with Gasteiger partial charge in [0.05, 0.1) is 31.0 Å². The molecule has 1 saturated heterocycles. The number of aromatic nitrogens is 4. The number of aryl methyl sites for hydroxylation is 1. The second-order valence-electron chi connectivity index (χ2n) is 10.5. The average Bonchev–Trinajstić information content (AvgIpc) is 3.15. The summed E-state index contributed by atoms with van der Waals surface area (Å²) >= 11 is 0. The van der Waals surface area contributed by atoms with E-state index in [0.29, 0.717) is 42.3 Å². The minimum absolute atomic E-state index is 0.0607. The molecule has 1 aliphatic rings. The van der Waals surface area contributed by atoms with Gasteiger partial charge in [0.1, 0.15) is 29.0 Å². The fourth-order valence-corrected chi connectivity index (χ4v) is 5.40. The molecule has 1 amide bonds. The molecule has 0 aliphatic carbocycles. The lowest BCUT2D eigenvalue weighted by molar-refractivity contribution is 0.0766. The van der Waals surface area contributed by atoms with E-state index in [1.54, 1.807) is 49.2 Å². The number of rotatable bonds is 8. The molecule has 41 heavy (non-hydrogen) atoms. The number of carbonyl (C=O) groups is 1. The molecule has 216 valence electrons. The van der Waals surface area contributed by atoms with Crippen LogP contribution in [0.25, 0.3) is 16.7 Å². The van der Waals surface area contributed by atoms with Gasteiger partial charge in [-0.2, -0.15) is 5.10 Å². The van der Waals surface area contributed by atoms with E-state index in [1.165, 1.54) is 12.1 Å². The highest BCUT2D eigenvalue weighted by Gasteiger charge is 2.27. The van der Waals surface area contributed by atoms with Crippen LogP contribution in [0.5, 0.6) is 11.5 Å². The third-order valence-electron chi connectivity index (χ3n) is 7.62. The Hall–Kier alpha value is -4.21. The van der Waals surface area contributed by atoms with Gasteiger partial charge in [-0.25, -0.2) is 19.0 Å². The second kappa shape index (κ2) is 12.1. The van der Waals surface area contributed by atoms with E-state index in [9.17, 15) is 9.18 Å². The molecular weight excluding hydrogens is 523 g/mol. The lowest BCUT2D eigenvalue weighted by Gasteiger charge is -2.25. The number of carbonyl (C=O) groups excluding carboxylic acids is 1. The van der Waals surface area contributed by atoms with Gasteiger partial charge in [-0.05, 0) is 56.2 Å². The summed E-state index contributed by atoms with van der Waals surface area (Å²) in [5.41, 5.74) is 2.78. The maximum atomic E-state index is 13.7. The molecule has 0 bridgehead atoms. The van der Waals surface area contributed by atoms with Gasteiger partial charge in [0.2, 0.25) is 0 Å². The summed E-state index contributed by atoms with van der Waals surface area (Å²) in [6.07, 6.45) is 2.76. The SMILES string of the molecule is CCC[C@H](C)c1nc(N2CCCN(C(=O)c3cc(OC)cc(OC)c3)CC2)c2c(C)nn(-c3ccc(F)cc3)c2n1. The molecule has 9 nitrogen and oxygen atoms in total. The summed E-state index contributed by atoms with van der Waals surface area (Å²) in [7, 11) is 3.15. The van der Waals surface area contributed by atoms with Gasteiger partial charge in [-0.3, -0.25) is 4.79 Å². The molecule has 0 radical (unpaired) electrons. The van der Waals surface area contributed by atoms with Crippen LogP contribution in [0.1, 0.15) is 60.9 Å². The van der Waals surface area contributed by atoms with Crippen molar-refractivity contribution >= 4 is 22.8 Å². The number of amides is 1. The van der Waals surface area contributed by atoms with Crippen LogP contribution >= 0.6 is 0 Å². The first kappa shape index (κ1) is 28.3. The molecule has 5 rings (SSSR count). The quantitative estimate of drug-likeness (QED) is 0.280. The number of anilines is 1. The summed E-state index contributed by atoms with van der Waals surface area (Å²) in [5, 5.41) is 5.68. The van der Waals surface area contributed by atoms with Gasteiger partial charge in [0, 0.05) is 43.7 Å². The fourth-order valence-electron chi connectivity index (χ4n) is 5.40. The molecule has 10 heteroatoms. The normalized spacial score (nSPS) is 14.7.